The lowest BCUT2D eigenvalue weighted by Crippen LogP contribution is -2.19. The SMILES string of the molecule is COc1ccc(C#CCN)c(Cn2ccc(C)cc2=O)c1. The Balaban J connectivity index is 2.43. The van der Waals surface area contributed by atoms with Crippen LogP contribution in [-0.4, -0.2) is 18.2 Å². The number of aromatic nitrogens is 1. The van der Waals surface area contributed by atoms with E-state index in [1.54, 1.807) is 23.9 Å². The van der Waals surface area contributed by atoms with Crippen molar-refractivity contribution >= 4 is 0 Å². The second-order valence-corrected chi connectivity index (χ2v) is 4.70. The smallest absolute Gasteiger partial charge is 0.251 e. The Morgan fingerprint density at radius 3 is 2.76 bits per heavy atom. The summed E-state index contributed by atoms with van der Waals surface area (Å²) in [7, 11) is 1.61. The van der Waals surface area contributed by atoms with Crippen LogP contribution in [-0.2, 0) is 6.54 Å². The van der Waals surface area contributed by atoms with E-state index < -0.39 is 0 Å². The summed E-state index contributed by atoms with van der Waals surface area (Å²) in [5.74, 6) is 6.61. The third-order valence-electron chi connectivity index (χ3n) is 3.13. The van der Waals surface area contributed by atoms with Crippen molar-refractivity contribution in [2.45, 2.75) is 13.5 Å². The third kappa shape index (κ3) is 3.74. The molecule has 1 aromatic carbocycles. The first-order chi connectivity index (χ1) is 10.1. The van der Waals surface area contributed by atoms with Gasteiger partial charge in [0, 0.05) is 17.8 Å². The highest BCUT2D eigenvalue weighted by molar-refractivity contribution is 5.45. The number of pyridine rings is 1. The van der Waals surface area contributed by atoms with Gasteiger partial charge in [-0.2, -0.15) is 0 Å². The molecule has 2 aromatic rings. The number of methoxy groups -OCH3 is 1. The maximum Gasteiger partial charge on any atom is 0.251 e. The van der Waals surface area contributed by atoms with Crippen molar-refractivity contribution in [2.75, 3.05) is 13.7 Å². The molecule has 0 fully saturated rings. The number of nitrogens with two attached hydrogens (primary N) is 1. The summed E-state index contributed by atoms with van der Waals surface area (Å²) in [6.07, 6.45) is 1.79. The van der Waals surface area contributed by atoms with Crippen molar-refractivity contribution in [3.63, 3.8) is 0 Å². The Labute approximate surface area is 124 Å². The summed E-state index contributed by atoms with van der Waals surface area (Å²) in [6, 6.07) is 9.16. The zero-order valence-electron chi connectivity index (χ0n) is 12.2. The summed E-state index contributed by atoms with van der Waals surface area (Å²) in [4.78, 5) is 12.0. The molecule has 2 rings (SSSR count). The van der Waals surface area contributed by atoms with E-state index in [0.717, 1.165) is 22.4 Å². The van der Waals surface area contributed by atoms with E-state index in [1.165, 1.54) is 0 Å². The van der Waals surface area contributed by atoms with Crippen LogP contribution in [0.2, 0.25) is 0 Å². The fourth-order valence-electron chi connectivity index (χ4n) is 2.02. The summed E-state index contributed by atoms with van der Waals surface area (Å²) >= 11 is 0. The van der Waals surface area contributed by atoms with Gasteiger partial charge in [-0.05, 0) is 42.3 Å². The van der Waals surface area contributed by atoms with Gasteiger partial charge in [0.25, 0.3) is 5.56 Å². The van der Waals surface area contributed by atoms with Gasteiger partial charge in [-0.1, -0.05) is 11.8 Å². The van der Waals surface area contributed by atoms with Crippen molar-refractivity contribution in [3.05, 3.63) is 63.6 Å². The molecular formula is C17H18N2O2. The van der Waals surface area contributed by atoms with E-state index in [0.29, 0.717) is 13.1 Å². The van der Waals surface area contributed by atoms with E-state index in [1.807, 2.05) is 31.2 Å². The van der Waals surface area contributed by atoms with E-state index in [9.17, 15) is 4.79 Å². The molecular weight excluding hydrogens is 264 g/mol. The lowest BCUT2D eigenvalue weighted by molar-refractivity contribution is 0.414. The number of hydrogen-bond donors (Lipinski definition) is 1. The van der Waals surface area contributed by atoms with Crippen LogP contribution in [0, 0.1) is 18.8 Å². The number of hydrogen-bond acceptors (Lipinski definition) is 3. The van der Waals surface area contributed by atoms with Crippen molar-refractivity contribution in [2.24, 2.45) is 5.73 Å². The van der Waals surface area contributed by atoms with Crippen LogP contribution in [0.4, 0.5) is 0 Å². The Morgan fingerprint density at radius 2 is 2.10 bits per heavy atom. The molecule has 0 aliphatic heterocycles. The van der Waals surface area contributed by atoms with Crippen LogP contribution in [0.25, 0.3) is 0 Å². The number of ether oxygens (including phenoxy) is 1. The summed E-state index contributed by atoms with van der Waals surface area (Å²) in [5.41, 5.74) is 8.13. The molecule has 4 heteroatoms. The number of aryl methyl sites for hydroxylation is 1. The predicted octanol–water partition coefficient (Wildman–Crippen LogP) is 1.52. The number of benzene rings is 1. The van der Waals surface area contributed by atoms with E-state index >= 15 is 0 Å². The molecule has 0 atom stereocenters. The molecule has 1 aromatic heterocycles. The lowest BCUT2D eigenvalue weighted by atomic mass is 10.1. The molecule has 0 bridgehead atoms. The minimum atomic E-state index is -0.0319. The Kier molecular flexibility index (Phi) is 4.81. The Bertz CT molecular complexity index is 751. The first-order valence-electron chi connectivity index (χ1n) is 6.67. The molecule has 0 saturated heterocycles. The predicted molar refractivity (Wildman–Crippen MR) is 83.5 cm³/mol. The van der Waals surface area contributed by atoms with Crippen LogP contribution in [0.3, 0.4) is 0 Å². The van der Waals surface area contributed by atoms with Gasteiger partial charge in [-0.15, -0.1) is 0 Å². The first kappa shape index (κ1) is 14.9. The first-order valence-corrected chi connectivity index (χ1v) is 6.67. The normalized spacial score (nSPS) is 9.86. The highest BCUT2D eigenvalue weighted by atomic mass is 16.5. The van der Waals surface area contributed by atoms with Gasteiger partial charge in [-0.3, -0.25) is 4.79 Å². The highest BCUT2D eigenvalue weighted by Gasteiger charge is 2.05. The summed E-state index contributed by atoms with van der Waals surface area (Å²) in [5, 5.41) is 0. The van der Waals surface area contributed by atoms with E-state index in [4.69, 9.17) is 10.5 Å². The van der Waals surface area contributed by atoms with Gasteiger partial charge in [0.05, 0.1) is 20.2 Å². The highest BCUT2D eigenvalue weighted by Crippen LogP contribution is 2.18. The molecule has 2 N–H and O–H groups in total. The zero-order valence-corrected chi connectivity index (χ0v) is 12.2. The third-order valence-corrected chi connectivity index (χ3v) is 3.13. The van der Waals surface area contributed by atoms with Gasteiger partial charge < -0.3 is 15.0 Å². The molecule has 0 aliphatic carbocycles. The van der Waals surface area contributed by atoms with Crippen LogP contribution in [0.5, 0.6) is 5.75 Å². The second-order valence-electron chi connectivity index (χ2n) is 4.70. The van der Waals surface area contributed by atoms with E-state index in [2.05, 4.69) is 11.8 Å². The largest absolute Gasteiger partial charge is 0.497 e. The van der Waals surface area contributed by atoms with E-state index in [-0.39, 0.29) is 5.56 Å². The Morgan fingerprint density at radius 1 is 1.29 bits per heavy atom. The molecule has 1 heterocycles. The maximum absolute atomic E-state index is 12.0. The molecule has 0 saturated carbocycles. The topological polar surface area (TPSA) is 57.2 Å². The van der Waals surface area contributed by atoms with Gasteiger partial charge in [0.2, 0.25) is 0 Å². The molecule has 108 valence electrons. The molecule has 0 spiro atoms. The zero-order chi connectivity index (χ0) is 15.2. The molecule has 0 unspecified atom stereocenters. The monoisotopic (exact) mass is 282 g/mol. The van der Waals surface area contributed by atoms with Crippen molar-refractivity contribution in [1.82, 2.24) is 4.57 Å². The Hall–Kier alpha value is -2.51. The van der Waals surface area contributed by atoms with Crippen molar-refractivity contribution in [1.29, 1.82) is 0 Å². The van der Waals surface area contributed by atoms with Crippen LogP contribution in [0.15, 0.2) is 41.3 Å². The average Bonchev–Trinajstić information content (AvgIpc) is 2.48. The van der Waals surface area contributed by atoms with Gasteiger partial charge in [0.1, 0.15) is 5.75 Å². The molecule has 0 amide bonds. The van der Waals surface area contributed by atoms with Gasteiger partial charge in [-0.25, -0.2) is 0 Å². The number of rotatable bonds is 3. The quantitative estimate of drug-likeness (QED) is 0.868. The maximum atomic E-state index is 12.0. The van der Waals surface area contributed by atoms with Crippen molar-refractivity contribution in [3.8, 4) is 17.6 Å². The average molecular weight is 282 g/mol. The van der Waals surface area contributed by atoms with Crippen molar-refractivity contribution < 1.29 is 4.74 Å². The van der Waals surface area contributed by atoms with Crippen LogP contribution >= 0.6 is 0 Å². The molecule has 0 radical (unpaired) electrons. The minimum Gasteiger partial charge on any atom is -0.497 e. The van der Waals surface area contributed by atoms with Gasteiger partial charge >= 0.3 is 0 Å². The standard InChI is InChI=1S/C17H18N2O2/c1-13-7-9-19(17(20)10-13)12-15-11-16(21-2)6-5-14(15)4-3-8-18/h5-7,9-11H,8,12,18H2,1-2H3. The number of nitrogens with zero attached hydrogens (tertiary/aromatic N) is 1. The van der Waals surface area contributed by atoms with Crippen LogP contribution < -0.4 is 16.0 Å². The summed E-state index contributed by atoms with van der Waals surface area (Å²) < 4.78 is 6.89. The molecule has 0 aliphatic rings. The summed E-state index contributed by atoms with van der Waals surface area (Å²) in [6.45, 7) is 2.65. The fraction of sp³-hybridized carbons (Fsp3) is 0.235. The fourth-order valence-corrected chi connectivity index (χ4v) is 2.02. The second kappa shape index (κ2) is 6.78. The lowest BCUT2D eigenvalue weighted by Gasteiger charge is -2.10. The van der Waals surface area contributed by atoms with Gasteiger partial charge in [0.15, 0.2) is 0 Å². The molecule has 21 heavy (non-hydrogen) atoms. The minimum absolute atomic E-state index is 0.0319. The molecule has 4 nitrogen and oxygen atoms in total. The van der Waals surface area contributed by atoms with Crippen LogP contribution in [0.1, 0.15) is 16.7 Å².